The Hall–Kier alpha value is 0. The zero-order chi connectivity index (χ0) is 38.0. The van der Waals surface area contributed by atoms with E-state index < -0.39 is 0 Å². The summed E-state index contributed by atoms with van der Waals surface area (Å²) in [5, 5.41) is 0. The van der Waals surface area contributed by atoms with E-state index in [1.54, 1.807) is 0 Å². The van der Waals surface area contributed by atoms with Crippen LogP contribution in [0.2, 0.25) is 0 Å². The van der Waals surface area contributed by atoms with E-state index in [1.165, 1.54) is 116 Å². The molecule has 0 bridgehead atoms. The van der Waals surface area contributed by atoms with E-state index in [9.17, 15) is 0 Å². The maximum Gasteiger partial charge on any atom is -0.0267 e. The van der Waals surface area contributed by atoms with Crippen LogP contribution in [-0.2, 0) is 0 Å². The summed E-state index contributed by atoms with van der Waals surface area (Å²) in [4.78, 5) is 0. The molecule has 0 aliphatic rings. The van der Waals surface area contributed by atoms with Crippen LogP contribution in [0.3, 0.4) is 0 Å². The summed E-state index contributed by atoms with van der Waals surface area (Å²) in [5.41, 5.74) is 1.26. The van der Waals surface area contributed by atoms with Crippen LogP contribution < -0.4 is 0 Å². The number of hydrogen-bond acceptors (Lipinski definition) is 0. The van der Waals surface area contributed by atoms with Gasteiger partial charge in [-0.1, -0.05) is 221 Å². The predicted octanol–water partition coefficient (Wildman–Crippen LogP) is 17.5. The third-order valence-electron chi connectivity index (χ3n) is 16.2. The van der Waals surface area contributed by atoms with Gasteiger partial charge in [-0.25, -0.2) is 0 Å². The van der Waals surface area contributed by atoms with Gasteiger partial charge in [-0.2, -0.15) is 0 Å². The summed E-state index contributed by atoms with van der Waals surface area (Å²) in [6.45, 7) is 45.8. The molecule has 0 radical (unpaired) electrons. The first-order chi connectivity index (χ1) is 22.8. The first-order valence-corrected chi connectivity index (χ1v) is 22.8. The lowest BCUT2D eigenvalue weighted by molar-refractivity contribution is -0.0173. The molecule has 12 atom stereocenters. The van der Waals surface area contributed by atoms with Crippen LogP contribution in [0.5, 0.6) is 0 Å². The van der Waals surface area contributed by atoms with Crippen LogP contribution in [0.4, 0.5) is 0 Å². The number of hydrogen-bond donors (Lipinski definition) is 0. The van der Waals surface area contributed by atoms with Crippen LogP contribution in [0.1, 0.15) is 240 Å². The van der Waals surface area contributed by atoms with Crippen molar-refractivity contribution in [2.24, 2.45) is 75.4 Å². The standard InChI is InChI=1S/C49H100/c1-19-24-28-31-38(8)44(14)39(9)32-29-26-25-27-30-33-43(13)49(18,36-48(17,23-5)42(12)20-2)45(15)40(10)34-41(11)46(21-3)47(16,22-4)35-37(6)7/h37-46H,19-36H2,1-18H3. The SMILES string of the molecule is CCCCCC(C)C(C)C(C)CCCCCCCC(C)C(C)(CC(C)(CC)C(C)CC)C(C)C(C)CC(C)C(CC)C(C)(CC)CC(C)C. The van der Waals surface area contributed by atoms with Crippen molar-refractivity contribution >= 4 is 0 Å². The summed E-state index contributed by atoms with van der Waals surface area (Å²) < 4.78 is 0. The highest BCUT2D eigenvalue weighted by molar-refractivity contribution is 4.95. The van der Waals surface area contributed by atoms with E-state index in [0.29, 0.717) is 16.2 Å². The summed E-state index contributed by atoms with van der Waals surface area (Å²) in [6.07, 6.45) is 25.0. The first kappa shape index (κ1) is 49.0. The molecule has 0 spiro atoms. The van der Waals surface area contributed by atoms with E-state index in [2.05, 4.69) is 125 Å². The minimum absolute atomic E-state index is 0.375. The van der Waals surface area contributed by atoms with Crippen molar-refractivity contribution in [1.29, 1.82) is 0 Å². The zero-order valence-corrected chi connectivity index (χ0v) is 38.0. The highest BCUT2D eigenvalue weighted by atomic mass is 14.5. The molecule has 0 fully saturated rings. The predicted molar refractivity (Wildman–Crippen MR) is 227 cm³/mol. The van der Waals surface area contributed by atoms with Gasteiger partial charge in [0, 0.05) is 0 Å². The molecule has 0 heteroatoms. The van der Waals surface area contributed by atoms with Gasteiger partial charge in [0.1, 0.15) is 0 Å². The number of rotatable bonds is 30. The van der Waals surface area contributed by atoms with Gasteiger partial charge in [-0.3, -0.25) is 0 Å². The van der Waals surface area contributed by atoms with E-state index in [-0.39, 0.29) is 0 Å². The van der Waals surface area contributed by atoms with Gasteiger partial charge in [-0.15, -0.1) is 0 Å². The Balaban J connectivity index is 5.55. The normalized spacial score (nSPS) is 21.9. The molecule has 0 aromatic rings. The summed E-state index contributed by atoms with van der Waals surface area (Å²) in [5.74, 6) is 8.06. The largest absolute Gasteiger partial charge is 0.0654 e. The Morgan fingerprint density at radius 1 is 0.469 bits per heavy atom. The third-order valence-corrected chi connectivity index (χ3v) is 16.2. The highest BCUT2D eigenvalue weighted by Crippen LogP contribution is 2.54. The van der Waals surface area contributed by atoms with Crippen molar-refractivity contribution in [2.75, 3.05) is 0 Å². The minimum atomic E-state index is 0.375. The fourth-order valence-electron chi connectivity index (χ4n) is 11.1. The second-order valence-corrected chi connectivity index (χ2v) is 20.2. The summed E-state index contributed by atoms with van der Waals surface area (Å²) in [7, 11) is 0. The van der Waals surface area contributed by atoms with E-state index >= 15 is 0 Å². The van der Waals surface area contributed by atoms with Crippen LogP contribution in [-0.4, -0.2) is 0 Å². The molecule has 0 nitrogen and oxygen atoms in total. The van der Waals surface area contributed by atoms with Gasteiger partial charge in [0.15, 0.2) is 0 Å². The van der Waals surface area contributed by atoms with Crippen molar-refractivity contribution < 1.29 is 0 Å². The third kappa shape index (κ3) is 15.9. The maximum absolute atomic E-state index is 2.75. The van der Waals surface area contributed by atoms with Gasteiger partial charge >= 0.3 is 0 Å². The smallest absolute Gasteiger partial charge is 0.0267 e. The first-order valence-electron chi connectivity index (χ1n) is 22.8. The fourth-order valence-corrected chi connectivity index (χ4v) is 11.1. The Bertz CT molecular complexity index is 796. The highest BCUT2D eigenvalue weighted by Gasteiger charge is 2.45. The average molecular weight is 689 g/mol. The Morgan fingerprint density at radius 2 is 0.959 bits per heavy atom. The van der Waals surface area contributed by atoms with E-state index in [1.807, 2.05) is 0 Å². The Kier molecular flexibility index (Phi) is 24.3. The fraction of sp³-hybridized carbons (Fsp3) is 1.00. The van der Waals surface area contributed by atoms with E-state index in [0.717, 1.165) is 59.2 Å². The van der Waals surface area contributed by atoms with Gasteiger partial charge < -0.3 is 0 Å². The molecule has 0 amide bonds. The van der Waals surface area contributed by atoms with Crippen molar-refractivity contribution in [3.63, 3.8) is 0 Å². The summed E-state index contributed by atoms with van der Waals surface area (Å²) >= 11 is 0. The topological polar surface area (TPSA) is 0 Å². The van der Waals surface area contributed by atoms with Gasteiger partial charge in [0.2, 0.25) is 0 Å². The van der Waals surface area contributed by atoms with Crippen molar-refractivity contribution in [1.82, 2.24) is 0 Å². The van der Waals surface area contributed by atoms with Crippen molar-refractivity contribution in [3.05, 3.63) is 0 Å². The van der Waals surface area contributed by atoms with Gasteiger partial charge in [0.05, 0.1) is 0 Å². The maximum atomic E-state index is 2.75. The summed E-state index contributed by atoms with van der Waals surface area (Å²) in [6, 6.07) is 0. The quantitative estimate of drug-likeness (QED) is 0.0659. The Labute approximate surface area is 314 Å². The second-order valence-electron chi connectivity index (χ2n) is 20.2. The van der Waals surface area contributed by atoms with Gasteiger partial charge in [0.25, 0.3) is 0 Å². The number of unbranched alkanes of at least 4 members (excludes halogenated alkanes) is 6. The minimum Gasteiger partial charge on any atom is -0.0654 e. The molecule has 49 heavy (non-hydrogen) atoms. The molecule has 0 aromatic carbocycles. The van der Waals surface area contributed by atoms with Crippen LogP contribution >= 0.6 is 0 Å². The lowest BCUT2D eigenvalue weighted by Crippen LogP contribution is -2.43. The molecular weight excluding hydrogens is 589 g/mol. The molecule has 0 saturated carbocycles. The molecule has 12 unspecified atom stereocenters. The van der Waals surface area contributed by atoms with Gasteiger partial charge in [-0.05, 0) is 94.7 Å². The second kappa shape index (κ2) is 24.3. The molecule has 0 aliphatic heterocycles. The molecule has 0 rings (SSSR count). The molecule has 0 heterocycles. The van der Waals surface area contributed by atoms with Crippen LogP contribution in [0.25, 0.3) is 0 Å². The monoisotopic (exact) mass is 689 g/mol. The Morgan fingerprint density at radius 3 is 1.41 bits per heavy atom. The zero-order valence-electron chi connectivity index (χ0n) is 38.0. The lowest BCUT2D eigenvalue weighted by Gasteiger charge is -2.51. The molecule has 0 aromatic heterocycles. The molecule has 296 valence electrons. The average Bonchev–Trinajstić information content (AvgIpc) is 3.05. The van der Waals surface area contributed by atoms with Crippen molar-refractivity contribution in [3.8, 4) is 0 Å². The molecule has 0 aliphatic carbocycles. The lowest BCUT2D eigenvalue weighted by atomic mass is 9.54. The molecule has 0 saturated heterocycles. The van der Waals surface area contributed by atoms with Crippen molar-refractivity contribution in [2.45, 2.75) is 240 Å². The van der Waals surface area contributed by atoms with E-state index in [4.69, 9.17) is 0 Å². The van der Waals surface area contributed by atoms with Crippen LogP contribution in [0, 0.1) is 75.4 Å². The molecule has 0 N–H and O–H groups in total. The molecular formula is C49H100. The van der Waals surface area contributed by atoms with Crippen LogP contribution in [0.15, 0.2) is 0 Å².